The van der Waals surface area contributed by atoms with E-state index in [2.05, 4.69) is 15.3 Å². The summed E-state index contributed by atoms with van der Waals surface area (Å²) in [5, 5.41) is 10.6. The van der Waals surface area contributed by atoms with Crippen molar-refractivity contribution in [2.75, 3.05) is 25.5 Å². The Balaban J connectivity index is 0.00000101. The van der Waals surface area contributed by atoms with Crippen molar-refractivity contribution < 1.29 is 14.7 Å². The average Bonchev–Trinajstić information content (AvgIpc) is 2.69. The molecule has 0 aliphatic carbocycles. The normalized spacial score (nSPS) is 10.1. The van der Waals surface area contributed by atoms with Crippen molar-refractivity contribution in [1.29, 1.82) is 0 Å². The van der Waals surface area contributed by atoms with E-state index in [4.69, 9.17) is 9.90 Å². The Kier molecular flexibility index (Phi) is 7.62. The van der Waals surface area contributed by atoms with Gasteiger partial charge < -0.3 is 15.3 Å². The molecular weight excluding hydrogens is 386 g/mol. The van der Waals surface area contributed by atoms with Gasteiger partial charge in [0, 0.05) is 44.0 Å². The number of pyridine rings is 1. The highest BCUT2D eigenvalue weighted by atomic mass is 16.3. The lowest BCUT2D eigenvalue weighted by Gasteiger charge is -2.15. The third-order valence-corrected chi connectivity index (χ3v) is 4.37. The molecule has 3 aromatic rings. The van der Waals surface area contributed by atoms with Crippen LogP contribution < -0.4 is 15.9 Å². The summed E-state index contributed by atoms with van der Waals surface area (Å²) in [5.41, 5.74) is 2.55. The van der Waals surface area contributed by atoms with Crippen molar-refractivity contribution in [3.05, 3.63) is 63.8 Å². The molecule has 1 amide bonds. The Morgan fingerprint density at radius 2 is 1.87 bits per heavy atom. The molecule has 9 nitrogen and oxygen atoms in total. The lowest BCUT2D eigenvalue weighted by molar-refractivity contribution is -0.122. The number of anilines is 1. The number of benzene rings is 1. The summed E-state index contributed by atoms with van der Waals surface area (Å²) in [7, 11) is 3.77. The molecule has 2 aromatic heterocycles. The van der Waals surface area contributed by atoms with E-state index >= 15 is 0 Å². The monoisotopic (exact) mass is 411 g/mol. The number of aryl methyl sites for hydroxylation is 2. The molecule has 9 heteroatoms. The van der Waals surface area contributed by atoms with E-state index in [1.54, 1.807) is 17.6 Å². The van der Waals surface area contributed by atoms with Crippen molar-refractivity contribution >= 4 is 29.1 Å². The minimum absolute atomic E-state index is 0.192. The van der Waals surface area contributed by atoms with Gasteiger partial charge in [-0.3, -0.25) is 14.2 Å². The number of nitrogens with one attached hydrogen (secondary N) is 1. The van der Waals surface area contributed by atoms with Crippen LogP contribution >= 0.6 is 0 Å². The number of hydrogen-bond acceptors (Lipinski definition) is 6. The molecule has 30 heavy (non-hydrogen) atoms. The van der Waals surface area contributed by atoms with Gasteiger partial charge in [-0.1, -0.05) is 18.2 Å². The molecule has 0 radical (unpaired) electrons. The predicted molar refractivity (Wildman–Crippen MR) is 115 cm³/mol. The Hall–Kier alpha value is -3.75. The third-order valence-electron chi connectivity index (χ3n) is 4.37. The largest absolute Gasteiger partial charge is 0.483 e. The van der Waals surface area contributed by atoms with E-state index in [1.165, 1.54) is 0 Å². The molecular formula is C21H25N5O4. The fraction of sp³-hybridized carbons (Fsp3) is 0.286. The fourth-order valence-electron chi connectivity index (χ4n) is 3.00. The minimum atomic E-state index is -0.300. The van der Waals surface area contributed by atoms with Gasteiger partial charge >= 0.3 is 5.69 Å². The van der Waals surface area contributed by atoms with Crippen molar-refractivity contribution in [1.82, 2.24) is 19.9 Å². The molecule has 2 N–H and O–H groups in total. The lowest BCUT2D eigenvalue weighted by Crippen LogP contribution is -2.33. The van der Waals surface area contributed by atoms with Gasteiger partial charge in [0.25, 0.3) is 12.4 Å². The van der Waals surface area contributed by atoms with E-state index in [0.717, 1.165) is 16.6 Å². The molecule has 1 aromatic carbocycles. The smallest absolute Gasteiger partial charge is 0.348 e. The maximum Gasteiger partial charge on any atom is 0.348 e. The van der Waals surface area contributed by atoms with Gasteiger partial charge in [-0.15, -0.1) is 0 Å². The van der Waals surface area contributed by atoms with Crippen LogP contribution in [-0.4, -0.2) is 52.7 Å². The highest BCUT2D eigenvalue weighted by molar-refractivity contribution is 6.07. The lowest BCUT2D eigenvalue weighted by atomic mass is 10.1. The molecule has 0 spiro atoms. The Morgan fingerprint density at radius 1 is 1.20 bits per heavy atom. The Labute approximate surface area is 174 Å². The first-order valence-electron chi connectivity index (χ1n) is 9.26. The van der Waals surface area contributed by atoms with Crippen LogP contribution in [-0.2, 0) is 11.3 Å². The van der Waals surface area contributed by atoms with Crippen LogP contribution in [0, 0.1) is 13.8 Å². The summed E-state index contributed by atoms with van der Waals surface area (Å²) in [6, 6.07) is 11.2. The number of carbonyl (C=O) groups excluding carboxylic acids is 1. The van der Waals surface area contributed by atoms with Crippen LogP contribution in [0.2, 0.25) is 0 Å². The summed E-state index contributed by atoms with van der Waals surface area (Å²) in [6.07, 6.45) is 0. The standard InChI is InChI=1S/C20H23N5O2.CH2O2/c1-13-11-14(2)25(20(27)22-13)10-9-21-19(26)16-12-18(24(3)4)23-17-8-6-5-7-15(16)17;2-1-3/h5-8,11-12H,9-10H2,1-4H3,(H,21,26);1H,(H,2,3). The number of amides is 1. The fourth-order valence-corrected chi connectivity index (χ4v) is 3.00. The van der Waals surface area contributed by atoms with Crippen LogP contribution in [0.4, 0.5) is 5.82 Å². The zero-order chi connectivity index (χ0) is 22.3. The van der Waals surface area contributed by atoms with Crippen LogP contribution in [0.25, 0.3) is 10.9 Å². The average molecular weight is 411 g/mol. The van der Waals surface area contributed by atoms with Gasteiger partial charge in [0.2, 0.25) is 0 Å². The summed E-state index contributed by atoms with van der Waals surface area (Å²) in [6.45, 7) is 4.10. The number of nitrogens with zero attached hydrogens (tertiary/aromatic N) is 4. The second-order valence-corrected chi connectivity index (χ2v) is 6.77. The third kappa shape index (κ3) is 5.40. The number of carboxylic acid groups (broad SMARTS) is 1. The van der Waals surface area contributed by atoms with Gasteiger partial charge in [-0.05, 0) is 32.0 Å². The van der Waals surface area contributed by atoms with E-state index in [9.17, 15) is 9.59 Å². The highest BCUT2D eigenvalue weighted by Gasteiger charge is 2.14. The number of fused-ring (bicyclic) bond motifs is 1. The minimum Gasteiger partial charge on any atom is -0.483 e. The van der Waals surface area contributed by atoms with Crippen LogP contribution in [0.5, 0.6) is 0 Å². The number of rotatable bonds is 5. The van der Waals surface area contributed by atoms with Gasteiger partial charge in [0.05, 0.1) is 11.1 Å². The van der Waals surface area contributed by atoms with Gasteiger partial charge in [-0.2, -0.15) is 4.98 Å². The Morgan fingerprint density at radius 3 is 2.50 bits per heavy atom. The van der Waals surface area contributed by atoms with Crippen molar-refractivity contribution in [2.24, 2.45) is 0 Å². The van der Waals surface area contributed by atoms with Crippen molar-refractivity contribution in [3.8, 4) is 0 Å². The van der Waals surface area contributed by atoms with Gasteiger partial charge in [0.15, 0.2) is 0 Å². The van der Waals surface area contributed by atoms with Gasteiger partial charge in [0.1, 0.15) is 5.82 Å². The summed E-state index contributed by atoms with van der Waals surface area (Å²) in [4.78, 5) is 43.6. The molecule has 0 fully saturated rings. The number of para-hydroxylation sites is 1. The first-order chi connectivity index (χ1) is 14.3. The highest BCUT2D eigenvalue weighted by Crippen LogP contribution is 2.22. The van der Waals surface area contributed by atoms with Gasteiger partial charge in [-0.25, -0.2) is 9.78 Å². The van der Waals surface area contributed by atoms with E-state index < -0.39 is 0 Å². The van der Waals surface area contributed by atoms with Crippen molar-refractivity contribution in [2.45, 2.75) is 20.4 Å². The van der Waals surface area contributed by atoms with Crippen LogP contribution in [0.15, 0.2) is 41.2 Å². The second kappa shape index (κ2) is 10.1. The van der Waals surface area contributed by atoms with E-state index in [-0.39, 0.29) is 18.1 Å². The quantitative estimate of drug-likeness (QED) is 0.613. The number of hydrogen-bond donors (Lipinski definition) is 2. The first kappa shape index (κ1) is 22.5. The number of aromatic nitrogens is 3. The molecule has 3 rings (SSSR count). The molecule has 0 saturated carbocycles. The summed E-state index contributed by atoms with van der Waals surface area (Å²) < 4.78 is 1.56. The summed E-state index contributed by atoms with van der Waals surface area (Å²) >= 11 is 0. The Bertz CT molecular complexity index is 1110. The van der Waals surface area contributed by atoms with E-state index in [1.807, 2.05) is 56.3 Å². The predicted octanol–water partition coefficient (Wildman–Crippen LogP) is 1.61. The maximum absolute atomic E-state index is 12.8. The SMILES string of the molecule is Cc1cc(C)n(CCNC(=O)c2cc(N(C)C)nc3ccccc23)c(=O)n1.O=CO. The molecule has 158 valence electrons. The molecule has 0 atom stereocenters. The molecule has 0 aliphatic rings. The molecule has 0 aliphatic heterocycles. The molecule has 0 unspecified atom stereocenters. The topological polar surface area (TPSA) is 117 Å². The molecule has 0 bridgehead atoms. The van der Waals surface area contributed by atoms with Crippen LogP contribution in [0.3, 0.4) is 0 Å². The second-order valence-electron chi connectivity index (χ2n) is 6.77. The maximum atomic E-state index is 12.8. The van der Waals surface area contributed by atoms with E-state index in [0.29, 0.717) is 30.2 Å². The zero-order valence-corrected chi connectivity index (χ0v) is 17.4. The zero-order valence-electron chi connectivity index (χ0n) is 17.4. The first-order valence-corrected chi connectivity index (χ1v) is 9.26. The number of carbonyl (C=O) groups is 2. The van der Waals surface area contributed by atoms with Crippen LogP contribution in [0.1, 0.15) is 21.7 Å². The molecule has 2 heterocycles. The summed E-state index contributed by atoms with van der Waals surface area (Å²) in [5.74, 6) is 0.524. The van der Waals surface area contributed by atoms with Crippen molar-refractivity contribution in [3.63, 3.8) is 0 Å². The molecule has 0 saturated heterocycles.